The fourth-order valence-corrected chi connectivity index (χ4v) is 2.23. The number of aromatic nitrogens is 1. The van der Waals surface area contributed by atoms with E-state index in [-0.39, 0.29) is 18.8 Å². The lowest BCUT2D eigenvalue weighted by Crippen LogP contribution is -2.15. The van der Waals surface area contributed by atoms with Crippen molar-refractivity contribution in [3.05, 3.63) is 30.0 Å². The van der Waals surface area contributed by atoms with Gasteiger partial charge in [-0.25, -0.2) is 0 Å². The molecule has 5 heteroatoms. The molecule has 4 N–H and O–H groups in total. The van der Waals surface area contributed by atoms with E-state index in [1.165, 1.54) is 0 Å². The molecule has 0 saturated heterocycles. The van der Waals surface area contributed by atoms with E-state index >= 15 is 0 Å². The first kappa shape index (κ1) is 13.9. The molecule has 1 aromatic carbocycles. The summed E-state index contributed by atoms with van der Waals surface area (Å²) in [6.07, 6.45) is 0.681. The molecule has 0 fully saturated rings. The summed E-state index contributed by atoms with van der Waals surface area (Å²) in [7, 11) is 0. The van der Waals surface area contributed by atoms with Crippen molar-refractivity contribution in [2.24, 2.45) is 0 Å². The molecule has 0 bridgehead atoms. The van der Waals surface area contributed by atoms with Crippen LogP contribution in [-0.2, 0) is 13.0 Å². The molecule has 2 aromatic rings. The smallest absolute Gasteiger partial charge is 0.128 e. The second kappa shape index (κ2) is 5.61. The minimum Gasteiger partial charge on any atom is -0.507 e. The van der Waals surface area contributed by atoms with E-state index < -0.39 is 12.2 Å². The van der Waals surface area contributed by atoms with E-state index in [2.05, 4.69) is 0 Å². The van der Waals surface area contributed by atoms with Gasteiger partial charge in [-0.15, -0.1) is 0 Å². The van der Waals surface area contributed by atoms with Crippen LogP contribution in [0.3, 0.4) is 0 Å². The molecule has 0 aliphatic heterocycles. The van der Waals surface area contributed by atoms with Crippen molar-refractivity contribution in [1.82, 2.24) is 4.57 Å². The van der Waals surface area contributed by atoms with Crippen LogP contribution in [0.15, 0.2) is 24.4 Å². The van der Waals surface area contributed by atoms with Crippen molar-refractivity contribution < 1.29 is 20.4 Å². The van der Waals surface area contributed by atoms with Gasteiger partial charge >= 0.3 is 0 Å². The van der Waals surface area contributed by atoms with Gasteiger partial charge in [-0.05, 0) is 24.6 Å². The molecule has 0 saturated carbocycles. The SMILES string of the molecule is CC(O)Cn1ccc2c(O)c(CC(O)CO)ccc21. The number of hydrogen-bond acceptors (Lipinski definition) is 4. The molecule has 0 spiro atoms. The van der Waals surface area contributed by atoms with Crippen molar-refractivity contribution >= 4 is 10.9 Å². The highest BCUT2D eigenvalue weighted by Crippen LogP contribution is 2.30. The number of nitrogens with zero attached hydrogens (tertiary/aromatic N) is 1. The molecule has 5 nitrogen and oxygen atoms in total. The Hall–Kier alpha value is -1.56. The van der Waals surface area contributed by atoms with E-state index in [4.69, 9.17) is 5.11 Å². The van der Waals surface area contributed by atoms with Gasteiger partial charge in [0.1, 0.15) is 5.75 Å². The number of rotatable bonds is 5. The van der Waals surface area contributed by atoms with E-state index in [9.17, 15) is 15.3 Å². The number of aliphatic hydroxyl groups excluding tert-OH is 3. The van der Waals surface area contributed by atoms with Gasteiger partial charge in [-0.1, -0.05) is 6.07 Å². The standard InChI is InChI=1S/C14H19NO4/c1-9(17)7-15-5-4-12-13(15)3-2-10(14(12)19)6-11(18)8-16/h2-5,9,11,16-19H,6-8H2,1H3. The van der Waals surface area contributed by atoms with Crippen LogP contribution in [0, 0.1) is 0 Å². The molecule has 104 valence electrons. The van der Waals surface area contributed by atoms with Gasteiger partial charge in [0.2, 0.25) is 0 Å². The predicted molar refractivity (Wildman–Crippen MR) is 72.1 cm³/mol. The molecular weight excluding hydrogens is 246 g/mol. The highest BCUT2D eigenvalue weighted by molar-refractivity contribution is 5.87. The summed E-state index contributed by atoms with van der Waals surface area (Å²) >= 11 is 0. The van der Waals surface area contributed by atoms with Crippen LogP contribution in [0.4, 0.5) is 0 Å². The summed E-state index contributed by atoms with van der Waals surface area (Å²) in [6, 6.07) is 5.35. The van der Waals surface area contributed by atoms with Gasteiger partial charge in [0.25, 0.3) is 0 Å². The second-order valence-electron chi connectivity index (χ2n) is 4.86. The van der Waals surface area contributed by atoms with Crippen molar-refractivity contribution in [3.63, 3.8) is 0 Å². The Morgan fingerprint density at radius 3 is 2.58 bits per heavy atom. The van der Waals surface area contributed by atoms with Crippen LogP contribution in [0.25, 0.3) is 10.9 Å². The van der Waals surface area contributed by atoms with Gasteiger partial charge in [0.15, 0.2) is 0 Å². The monoisotopic (exact) mass is 265 g/mol. The van der Waals surface area contributed by atoms with Crippen molar-refractivity contribution in [2.45, 2.75) is 32.1 Å². The van der Waals surface area contributed by atoms with Crippen LogP contribution < -0.4 is 0 Å². The molecule has 19 heavy (non-hydrogen) atoms. The maximum atomic E-state index is 10.2. The Balaban J connectivity index is 2.37. The van der Waals surface area contributed by atoms with E-state index in [1.54, 1.807) is 19.1 Å². The number of phenolic OH excluding ortho intramolecular Hbond substituents is 1. The summed E-state index contributed by atoms with van der Waals surface area (Å²) in [4.78, 5) is 0. The van der Waals surface area contributed by atoms with Gasteiger partial charge in [-0.2, -0.15) is 0 Å². The maximum Gasteiger partial charge on any atom is 0.128 e. The molecule has 0 amide bonds. The molecule has 0 aliphatic rings. The zero-order valence-corrected chi connectivity index (χ0v) is 10.8. The minimum absolute atomic E-state index is 0.120. The molecule has 0 aliphatic carbocycles. The number of hydrogen-bond donors (Lipinski definition) is 4. The van der Waals surface area contributed by atoms with Crippen LogP contribution >= 0.6 is 0 Å². The number of aliphatic hydroxyl groups is 3. The number of aromatic hydroxyl groups is 1. The molecule has 1 aromatic heterocycles. The molecule has 1 heterocycles. The quantitative estimate of drug-likeness (QED) is 0.638. The summed E-state index contributed by atoms with van der Waals surface area (Å²) in [5, 5.41) is 38.5. The zero-order chi connectivity index (χ0) is 14.0. The fourth-order valence-electron chi connectivity index (χ4n) is 2.23. The third-order valence-corrected chi connectivity index (χ3v) is 3.14. The number of benzene rings is 1. The Morgan fingerprint density at radius 1 is 1.21 bits per heavy atom. The fraction of sp³-hybridized carbons (Fsp3) is 0.429. The Morgan fingerprint density at radius 2 is 1.95 bits per heavy atom. The molecule has 2 unspecified atom stereocenters. The van der Waals surface area contributed by atoms with Crippen LogP contribution in [0.1, 0.15) is 12.5 Å². The highest BCUT2D eigenvalue weighted by atomic mass is 16.3. The summed E-state index contributed by atoms with van der Waals surface area (Å²) in [6.45, 7) is 1.83. The summed E-state index contributed by atoms with van der Waals surface area (Å²) in [5.41, 5.74) is 1.43. The van der Waals surface area contributed by atoms with Crippen molar-refractivity contribution in [2.75, 3.05) is 6.61 Å². The van der Waals surface area contributed by atoms with E-state index in [1.807, 2.05) is 16.8 Å². The second-order valence-corrected chi connectivity index (χ2v) is 4.86. The topological polar surface area (TPSA) is 85.9 Å². The van der Waals surface area contributed by atoms with Gasteiger partial charge < -0.3 is 25.0 Å². The van der Waals surface area contributed by atoms with Crippen LogP contribution in [-0.4, -0.2) is 43.8 Å². The normalized spacial score (nSPS) is 14.7. The lowest BCUT2D eigenvalue weighted by molar-refractivity contribution is 0.0950. The lowest BCUT2D eigenvalue weighted by atomic mass is 10.0. The lowest BCUT2D eigenvalue weighted by Gasteiger charge is -2.11. The third kappa shape index (κ3) is 2.89. The molecule has 2 atom stereocenters. The zero-order valence-electron chi connectivity index (χ0n) is 10.8. The molecular formula is C14H19NO4. The Labute approximate surface area is 111 Å². The summed E-state index contributed by atoms with van der Waals surface area (Å²) < 4.78 is 1.87. The third-order valence-electron chi connectivity index (χ3n) is 3.14. The average molecular weight is 265 g/mol. The number of fused-ring (bicyclic) bond motifs is 1. The van der Waals surface area contributed by atoms with Crippen LogP contribution in [0.2, 0.25) is 0 Å². The molecule has 0 radical (unpaired) electrons. The van der Waals surface area contributed by atoms with Crippen molar-refractivity contribution in [1.29, 1.82) is 0 Å². The maximum absolute atomic E-state index is 10.2. The Bertz CT molecular complexity index is 562. The van der Waals surface area contributed by atoms with Crippen molar-refractivity contribution in [3.8, 4) is 5.75 Å². The first-order valence-corrected chi connectivity index (χ1v) is 6.29. The molecule has 2 rings (SSSR count). The highest BCUT2D eigenvalue weighted by Gasteiger charge is 2.13. The van der Waals surface area contributed by atoms with E-state index in [0.717, 1.165) is 5.52 Å². The van der Waals surface area contributed by atoms with Gasteiger partial charge in [0, 0.05) is 24.5 Å². The van der Waals surface area contributed by atoms with Crippen LogP contribution in [0.5, 0.6) is 5.75 Å². The Kier molecular flexibility index (Phi) is 4.09. The van der Waals surface area contributed by atoms with Gasteiger partial charge in [-0.3, -0.25) is 0 Å². The first-order valence-electron chi connectivity index (χ1n) is 6.29. The minimum atomic E-state index is -0.872. The van der Waals surface area contributed by atoms with Gasteiger partial charge in [0.05, 0.1) is 24.3 Å². The predicted octanol–water partition coefficient (Wildman–Crippen LogP) is 0.623. The summed E-state index contributed by atoms with van der Waals surface area (Å²) in [5.74, 6) is 0.120. The number of phenols is 1. The first-order chi connectivity index (χ1) is 9.02. The van der Waals surface area contributed by atoms with E-state index in [0.29, 0.717) is 17.5 Å². The largest absolute Gasteiger partial charge is 0.507 e. The average Bonchev–Trinajstić information content (AvgIpc) is 2.76.